The van der Waals surface area contributed by atoms with Gasteiger partial charge in [-0.3, -0.25) is 23.9 Å². The van der Waals surface area contributed by atoms with Gasteiger partial charge in [-0.1, -0.05) is 60.0 Å². The molecule has 0 saturated carbocycles. The Morgan fingerprint density at radius 1 is 1.00 bits per heavy atom. The molecule has 6 rings (SSSR count). The molecule has 0 bridgehead atoms. The molecule has 1 aliphatic carbocycles. The molecule has 2 aromatic heterocycles. The van der Waals surface area contributed by atoms with Crippen LogP contribution in [0.15, 0.2) is 58.3 Å². The number of halogens is 2. The van der Waals surface area contributed by atoms with E-state index in [0.29, 0.717) is 46.3 Å². The minimum atomic E-state index is -0.802. The Bertz CT molecular complexity index is 2040. The van der Waals surface area contributed by atoms with Gasteiger partial charge in [-0.05, 0) is 49.9 Å². The van der Waals surface area contributed by atoms with E-state index >= 15 is 0 Å². The lowest BCUT2D eigenvalue weighted by molar-refractivity contribution is -0.146. The minimum Gasteiger partial charge on any atom is -0.481 e. The van der Waals surface area contributed by atoms with E-state index in [9.17, 15) is 24.3 Å². The zero-order chi connectivity index (χ0) is 33.6. The quantitative estimate of drug-likeness (QED) is 0.269. The van der Waals surface area contributed by atoms with E-state index in [4.69, 9.17) is 32.9 Å². The smallest absolute Gasteiger partial charge is 0.330 e. The Hall–Kier alpha value is -4.45. The number of amides is 1. The van der Waals surface area contributed by atoms with E-state index < -0.39 is 29.2 Å². The minimum absolute atomic E-state index is 0.0950. The molecule has 1 fully saturated rings. The summed E-state index contributed by atoms with van der Waals surface area (Å²) >= 11 is 13.9. The van der Waals surface area contributed by atoms with Crippen molar-refractivity contribution in [3.63, 3.8) is 0 Å². The molecule has 2 atom stereocenters. The highest BCUT2D eigenvalue weighted by Crippen LogP contribution is 2.46. The fourth-order valence-corrected chi connectivity index (χ4v) is 7.33. The number of aryl methyl sites for hydroxylation is 2. The topological polar surface area (TPSA) is 136 Å². The molecule has 13 heteroatoms. The van der Waals surface area contributed by atoms with Crippen molar-refractivity contribution < 1.29 is 19.4 Å². The number of nitrogens with zero attached hydrogens (tertiary/aromatic N) is 4. The number of aliphatic carboxylic acids is 1. The Balaban J connectivity index is 1.34. The molecule has 2 aromatic carbocycles. The van der Waals surface area contributed by atoms with Gasteiger partial charge in [0.05, 0.1) is 28.5 Å². The standard InChI is InChI=1S/C34H33Cl2N5O6/c1-39-17-22(32(43)40(2)34(39)46)30(42)37-23-11-7-9-20(29(23)36)19-8-6-10-21(28(19)35)24-16-18-13-14-25(27(18)31(38-24)47-3)41-15-5-4-12-26(41)33(44)45/h6-11,16-17,25-26H,4-5,12-15H2,1-3H3,(H,37,42)(H,44,45). The van der Waals surface area contributed by atoms with Crippen LogP contribution in [0.4, 0.5) is 5.69 Å². The molecule has 47 heavy (non-hydrogen) atoms. The second-order valence-electron chi connectivity index (χ2n) is 11.8. The molecule has 2 aliphatic rings. The third kappa shape index (κ3) is 5.83. The van der Waals surface area contributed by atoms with Crippen LogP contribution in [0, 0.1) is 0 Å². The predicted molar refractivity (Wildman–Crippen MR) is 180 cm³/mol. The van der Waals surface area contributed by atoms with Crippen LogP contribution in [0.1, 0.15) is 53.2 Å². The summed E-state index contributed by atoms with van der Waals surface area (Å²) < 4.78 is 7.81. The van der Waals surface area contributed by atoms with Crippen molar-refractivity contribution in [2.75, 3.05) is 19.0 Å². The number of nitrogens with one attached hydrogen (secondary N) is 1. The summed E-state index contributed by atoms with van der Waals surface area (Å²) in [5.74, 6) is -1.07. The fourth-order valence-electron chi connectivity index (χ4n) is 6.73. The number of benzene rings is 2. The second kappa shape index (κ2) is 13.0. The first-order valence-corrected chi connectivity index (χ1v) is 16.0. The summed E-state index contributed by atoms with van der Waals surface area (Å²) in [7, 11) is 4.32. The number of ether oxygens (including phenoxy) is 1. The van der Waals surface area contributed by atoms with E-state index in [1.807, 2.05) is 24.3 Å². The van der Waals surface area contributed by atoms with Crippen LogP contribution in [0.5, 0.6) is 5.88 Å². The van der Waals surface area contributed by atoms with Crippen LogP contribution in [-0.2, 0) is 25.3 Å². The average Bonchev–Trinajstić information content (AvgIpc) is 3.50. The Morgan fingerprint density at radius 3 is 2.43 bits per heavy atom. The van der Waals surface area contributed by atoms with E-state index in [1.165, 1.54) is 20.3 Å². The summed E-state index contributed by atoms with van der Waals surface area (Å²) in [6.45, 7) is 0.710. The fraction of sp³-hybridized carbons (Fsp3) is 0.324. The number of hydrogen-bond donors (Lipinski definition) is 2. The van der Waals surface area contributed by atoms with Crippen molar-refractivity contribution in [2.24, 2.45) is 14.1 Å². The van der Waals surface area contributed by atoms with Crippen molar-refractivity contribution >= 4 is 40.8 Å². The molecule has 4 aromatic rings. The first-order chi connectivity index (χ1) is 22.5. The summed E-state index contributed by atoms with van der Waals surface area (Å²) in [5.41, 5.74) is 3.13. The number of hydrogen-bond acceptors (Lipinski definition) is 7. The van der Waals surface area contributed by atoms with Gasteiger partial charge < -0.3 is 19.7 Å². The number of rotatable bonds is 7. The lowest BCUT2D eigenvalue weighted by Crippen LogP contribution is -2.46. The van der Waals surface area contributed by atoms with Crippen molar-refractivity contribution in [3.8, 4) is 28.3 Å². The predicted octanol–water partition coefficient (Wildman–Crippen LogP) is 5.31. The van der Waals surface area contributed by atoms with Crippen LogP contribution in [0.25, 0.3) is 22.4 Å². The molecule has 0 spiro atoms. The number of anilines is 1. The van der Waals surface area contributed by atoms with Gasteiger partial charge in [0.2, 0.25) is 5.88 Å². The van der Waals surface area contributed by atoms with Crippen LogP contribution in [-0.4, -0.2) is 55.7 Å². The molecule has 1 aliphatic heterocycles. The third-order valence-corrected chi connectivity index (χ3v) is 9.87. The number of fused-ring (bicyclic) bond motifs is 1. The van der Waals surface area contributed by atoms with E-state index in [2.05, 4.69) is 10.2 Å². The maximum Gasteiger partial charge on any atom is 0.330 e. The molecule has 3 heterocycles. The number of pyridine rings is 1. The normalized spacial score (nSPS) is 17.7. The van der Waals surface area contributed by atoms with Crippen molar-refractivity contribution in [2.45, 2.75) is 44.2 Å². The van der Waals surface area contributed by atoms with Crippen LogP contribution in [0.3, 0.4) is 0 Å². The highest BCUT2D eigenvalue weighted by Gasteiger charge is 2.39. The second-order valence-corrected chi connectivity index (χ2v) is 12.6. The molecule has 1 saturated heterocycles. The zero-order valence-corrected chi connectivity index (χ0v) is 27.6. The summed E-state index contributed by atoms with van der Waals surface area (Å²) in [6.07, 6.45) is 5.17. The molecule has 11 nitrogen and oxygen atoms in total. The highest BCUT2D eigenvalue weighted by molar-refractivity contribution is 6.39. The highest BCUT2D eigenvalue weighted by atomic mass is 35.5. The maximum absolute atomic E-state index is 13.1. The number of methoxy groups -OCH3 is 1. The number of likely N-dealkylation sites (tertiary alicyclic amines) is 1. The first kappa shape index (κ1) is 32.5. The van der Waals surface area contributed by atoms with Crippen molar-refractivity contribution in [1.82, 2.24) is 19.0 Å². The van der Waals surface area contributed by atoms with Gasteiger partial charge in [-0.25, -0.2) is 9.78 Å². The Labute approximate surface area is 280 Å². The van der Waals surface area contributed by atoms with Crippen LogP contribution >= 0.6 is 23.2 Å². The molecule has 2 unspecified atom stereocenters. The van der Waals surface area contributed by atoms with Gasteiger partial charge in [0.15, 0.2) is 0 Å². The van der Waals surface area contributed by atoms with E-state index in [-0.39, 0.29) is 22.3 Å². The lowest BCUT2D eigenvalue weighted by atomic mass is 9.96. The summed E-state index contributed by atoms with van der Waals surface area (Å²) in [4.78, 5) is 56.8. The van der Waals surface area contributed by atoms with Crippen LogP contribution in [0.2, 0.25) is 10.0 Å². The van der Waals surface area contributed by atoms with E-state index in [1.54, 1.807) is 25.3 Å². The number of carbonyl (C=O) groups excluding carboxylic acids is 1. The zero-order valence-electron chi connectivity index (χ0n) is 26.0. The molecule has 1 amide bonds. The molecular weight excluding hydrogens is 645 g/mol. The largest absolute Gasteiger partial charge is 0.481 e. The van der Waals surface area contributed by atoms with Crippen molar-refractivity contribution in [1.29, 1.82) is 0 Å². The maximum atomic E-state index is 13.1. The lowest BCUT2D eigenvalue weighted by Gasteiger charge is -2.38. The average molecular weight is 679 g/mol. The van der Waals surface area contributed by atoms with Gasteiger partial charge in [0.1, 0.15) is 11.6 Å². The molecular formula is C34H33Cl2N5O6. The third-order valence-electron chi connectivity index (χ3n) is 9.06. The Morgan fingerprint density at radius 2 is 1.70 bits per heavy atom. The number of aromatic nitrogens is 3. The van der Waals surface area contributed by atoms with Gasteiger partial charge in [-0.15, -0.1) is 0 Å². The van der Waals surface area contributed by atoms with Crippen LogP contribution < -0.4 is 21.3 Å². The van der Waals surface area contributed by atoms with Gasteiger partial charge in [0, 0.05) is 48.6 Å². The van der Waals surface area contributed by atoms with E-state index in [0.717, 1.165) is 45.9 Å². The Kier molecular flexibility index (Phi) is 8.97. The number of carboxylic acid groups (broad SMARTS) is 1. The number of carboxylic acids is 1. The van der Waals surface area contributed by atoms with Gasteiger partial charge >= 0.3 is 11.7 Å². The van der Waals surface area contributed by atoms with Gasteiger partial charge in [-0.2, -0.15) is 0 Å². The summed E-state index contributed by atoms with van der Waals surface area (Å²) in [6, 6.07) is 11.9. The molecule has 0 radical (unpaired) electrons. The molecule has 244 valence electrons. The van der Waals surface area contributed by atoms with Crippen molar-refractivity contribution in [3.05, 3.63) is 96.2 Å². The number of piperidine rings is 1. The number of carbonyl (C=O) groups is 2. The summed E-state index contributed by atoms with van der Waals surface area (Å²) in [5, 5.41) is 13.2. The SMILES string of the molecule is COc1nc(-c2cccc(-c3cccc(NC(=O)c4cn(C)c(=O)n(C)c4=O)c3Cl)c2Cl)cc2c1C(N1CCCCC1C(=O)O)CC2. The van der Waals surface area contributed by atoms with Gasteiger partial charge in [0.25, 0.3) is 11.5 Å². The monoisotopic (exact) mass is 677 g/mol. The first-order valence-electron chi connectivity index (χ1n) is 15.2. The molecule has 2 N–H and O–H groups in total.